The largest absolute Gasteiger partial charge is 0.508 e. The molecule has 0 radical (unpaired) electrons. The van der Waals surface area contributed by atoms with Crippen LogP contribution in [0.5, 0.6) is 23.0 Å². The van der Waals surface area contributed by atoms with E-state index in [0.29, 0.717) is 34.0 Å². The van der Waals surface area contributed by atoms with Crippen molar-refractivity contribution >= 4 is 118 Å². The molecule has 4 aromatic carbocycles. The number of aliphatic hydroxyl groups excluding tert-OH is 1. The number of carbonyl (C=O) groups is 17. The summed E-state index contributed by atoms with van der Waals surface area (Å²) >= 11 is 0.715. The van der Waals surface area contributed by atoms with Crippen LogP contribution in [0.25, 0.3) is 0 Å². The number of amides is 16. The van der Waals surface area contributed by atoms with E-state index in [2.05, 4.69) is 105 Å². The predicted octanol–water partition coefficient (Wildman–Crippen LogP) is -4.26. The molecule has 46 nitrogen and oxygen atoms in total. The summed E-state index contributed by atoms with van der Waals surface area (Å²) < 4.78 is 0. The molecule has 2 aromatic heterocycles. The highest BCUT2D eigenvalue weighted by atomic mass is 32.2. The van der Waals surface area contributed by atoms with Crippen LogP contribution in [0.15, 0.2) is 122 Å². The molecule has 736 valence electrons. The number of nitrogens with two attached hydrogens (primary N) is 2. The van der Waals surface area contributed by atoms with E-state index in [1.807, 2.05) is 0 Å². The van der Waals surface area contributed by atoms with Crippen molar-refractivity contribution in [1.82, 2.24) is 105 Å². The molecule has 47 heteroatoms. The van der Waals surface area contributed by atoms with Gasteiger partial charge in [0.05, 0.1) is 49.5 Å². The van der Waals surface area contributed by atoms with Crippen molar-refractivity contribution < 1.29 is 112 Å². The molecule has 1 aliphatic heterocycles. The summed E-state index contributed by atoms with van der Waals surface area (Å²) in [5.74, 6) is -22.2. The van der Waals surface area contributed by atoms with E-state index in [1.54, 1.807) is 41.5 Å². The maximum absolute atomic E-state index is 15.5. The van der Waals surface area contributed by atoms with Gasteiger partial charge in [0.15, 0.2) is 5.96 Å². The van der Waals surface area contributed by atoms with Gasteiger partial charge in [-0.1, -0.05) is 96.5 Å². The first-order chi connectivity index (χ1) is 64.6. The number of thioether (sulfide) groups is 1. The second kappa shape index (κ2) is 54.3. The number of carboxylic acids is 1. The number of aromatic amines is 2. The van der Waals surface area contributed by atoms with Crippen molar-refractivity contribution in [3.8, 4) is 23.0 Å². The summed E-state index contributed by atoms with van der Waals surface area (Å²) in [6.45, 7) is 7.05. The van der Waals surface area contributed by atoms with Crippen molar-refractivity contribution in [3.05, 3.63) is 156 Å². The Labute approximate surface area is 786 Å². The monoisotopic (exact) mass is 1910 g/mol. The van der Waals surface area contributed by atoms with Gasteiger partial charge in [-0.2, -0.15) is 0 Å². The average Bonchev–Trinajstić information content (AvgIpc) is 1.08. The lowest BCUT2D eigenvalue weighted by Crippen LogP contribution is -2.62. The standard InChI is InChI=1S/C89H121N23O23S/c1-7-48(6)75-88(135)110-62(30-47(4)5)80(127)105-66(34-52-16-24-58(117)25-17-52)84(131)111-69(41-113)87(134)103-60(26-27-74(121)122)78(125)104-61(29-46(2)3)76(123)97-40-72(119)101-70(77(124)96-39-71(90)118)42-136-43-73(120)100-63(31-49-10-18-55(114)19-11-49)81(128)108-68(36-54-38-94-45-99-54)86(133)109-67(35-53-37-93-44-98-53)85(132)107-65(33-51-14-22-57(116)23-15-51)83(130)106-64(32-50-12-20-56(115)21-13-50)82(129)102-59(79(126)112-75)9-8-28-95-89(91)92/h10-25,37-38,44-48,59-70,75,113-117H,7-9,26-36,39-43H2,1-6H3,(H2,90,118)(H,93,98)(H,94,99)(H,96,124)(H,97,123)(H,100,120)(H,101,119)(H,102,129)(H,103,134)(H,104,125)(H,105,127)(H,106,130)(H,107,132)(H,108,128)(H,109,133)(H,110,135)(H,111,131)(H,112,126)(H,121,122)(H4,91,92,95)/t48-,59-,60-,61-,62-,63-,64-,65-,66-,67-,68-,69-,70-,75-/m0/s1. The molecule has 0 bridgehead atoms. The number of hydrogen-bond donors (Lipinski definition) is 27. The van der Waals surface area contributed by atoms with E-state index < -0.39 is 279 Å². The van der Waals surface area contributed by atoms with Crippen LogP contribution in [-0.2, 0) is 120 Å². The number of H-pyrrole nitrogens is 2. The molecular formula is C89H121N23O23S. The van der Waals surface area contributed by atoms with E-state index in [-0.39, 0.29) is 79.5 Å². The van der Waals surface area contributed by atoms with Crippen molar-refractivity contribution in [2.24, 2.45) is 29.2 Å². The average molecular weight is 1910 g/mol. The number of aromatic hydroxyl groups is 4. The number of aromatic nitrogens is 4. The minimum absolute atomic E-state index is 0.0125. The van der Waals surface area contributed by atoms with Crippen LogP contribution in [0, 0.1) is 23.2 Å². The highest BCUT2D eigenvalue weighted by molar-refractivity contribution is 8.00. The van der Waals surface area contributed by atoms with Crippen LogP contribution < -0.4 is 96.5 Å². The molecule has 136 heavy (non-hydrogen) atoms. The molecule has 0 aliphatic carbocycles. The first-order valence-electron chi connectivity index (χ1n) is 43.9. The smallest absolute Gasteiger partial charge is 0.303 e. The topological polar surface area (TPSA) is 737 Å². The van der Waals surface area contributed by atoms with E-state index in [4.69, 9.17) is 16.9 Å². The van der Waals surface area contributed by atoms with Crippen molar-refractivity contribution in [1.29, 1.82) is 5.41 Å². The lowest BCUT2D eigenvalue weighted by molar-refractivity contribution is -0.139. The minimum atomic E-state index is -2.00. The van der Waals surface area contributed by atoms with Crippen molar-refractivity contribution in [3.63, 3.8) is 0 Å². The van der Waals surface area contributed by atoms with Gasteiger partial charge in [-0.3, -0.25) is 86.9 Å². The molecular weight excluding hydrogens is 1790 g/mol. The molecule has 3 heterocycles. The highest BCUT2D eigenvalue weighted by Crippen LogP contribution is 2.21. The minimum Gasteiger partial charge on any atom is -0.508 e. The van der Waals surface area contributed by atoms with Crippen LogP contribution in [0.2, 0.25) is 0 Å². The first-order valence-corrected chi connectivity index (χ1v) is 45.1. The van der Waals surface area contributed by atoms with Crippen LogP contribution in [0.4, 0.5) is 0 Å². The maximum atomic E-state index is 15.5. The van der Waals surface area contributed by atoms with Crippen LogP contribution in [0.1, 0.15) is 120 Å². The summed E-state index contributed by atoms with van der Waals surface area (Å²) in [6.07, 6.45) is 1.09. The molecule has 1 saturated heterocycles. The van der Waals surface area contributed by atoms with E-state index in [0.717, 1.165) is 0 Å². The molecule has 1 aliphatic rings. The van der Waals surface area contributed by atoms with E-state index >= 15 is 33.6 Å². The molecule has 16 amide bonds. The molecule has 1 fully saturated rings. The number of imidazole rings is 2. The first kappa shape index (κ1) is 108. The number of primary amides is 1. The number of benzene rings is 4. The molecule has 0 spiro atoms. The summed E-state index contributed by atoms with van der Waals surface area (Å²) in [4.78, 5) is 260. The maximum Gasteiger partial charge on any atom is 0.303 e. The van der Waals surface area contributed by atoms with Gasteiger partial charge in [-0.25, -0.2) is 9.97 Å². The zero-order chi connectivity index (χ0) is 99.8. The van der Waals surface area contributed by atoms with Crippen molar-refractivity contribution in [2.45, 2.75) is 204 Å². The number of aliphatic hydroxyl groups is 1. The summed E-state index contributed by atoms with van der Waals surface area (Å²) in [7, 11) is 0. The Morgan fingerprint density at radius 1 is 0.441 bits per heavy atom. The molecule has 29 N–H and O–H groups in total. The second-order valence-corrected chi connectivity index (χ2v) is 34.5. The van der Waals surface area contributed by atoms with E-state index in [9.17, 15) is 78.6 Å². The Morgan fingerprint density at radius 2 is 0.794 bits per heavy atom. The summed E-state index contributed by atoms with van der Waals surface area (Å²) in [5.41, 5.74) is 12.6. The highest BCUT2D eigenvalue weighted by Gasteiger charge is 2.40. The molecule has 7 rings (SSSR count). The fraction of sp³-hybridized carbons (Fsp3) is 0.461. The quantitative estimate of drug-likeness (QED) is 0.0120. The molecule has 0 saturated carbocycles. The molecule has 0 unspecified atom stereocenters. The summed E-state index contributed by atoms with van der Waals surface area (Å²) in [5, 5.41) is 111. The number of phenolic OH excluding ortho intramolecular Hbond substituents is 4. The third-order valence-corrected chi connectivity index (χ3v) is 22.5. The summed E-state index contributed by atoms with van der Waals surface area (Å²) in [6, 6.07) is -0.241. The number of nitrogens with zero attached hydrogens (tertiary/aromatic N) is 2. The van der Waals surface area contributed by atoms with Gasteiger partial charge in [-0.05, 0) is 121 Å². The fourth-order valence-electron chi connectivity index (χ4n) is 14.1. The third kappa shape index (κ3) is 37.3. The lowest BCUT2D eigenvalue weighted by Gasteiger charge is -2.30. The Hall–Kier alpha value is -14.9. The van der Waals surface area contributed by atoms with Gasteiger partial charge < -0.3 is 137 Å². The van der Waals surface area contributed by atoms with Gasteiger partial charge in [-0.15, -0.1) is 11.8 Å². The Balaban J connectivity index is 1.33. The van der Waals surface area contributed by atoms with Crippen LogP contribution in [-0.4, -0.2) is 273 Å². The Kier molecular flexibility index (Phi) is 43.2. The number of nitrogens with one attached hydrogen (secondary N) is 19. The van der Waals surface area contributed by atoms with Gasteiger partial charge >= 0.3 is 5.97 Å². The zero-order valence-electron chi connectivity index (χ0n) is 75.8. The molecule has 6 aromatic rings. The third-order valence-electron chi connectivity index (χ3n) is 21.5. The second-order valence-electron chi connectivity index (χ2n) is 33.5. The number of carboxylic acid groups (broad SMARTS) is 1. The van der Waals surface area contributed by atoms with Gasteiger partial charge in [0.1, 0.15) is 102 Å². The number of aliphatic carboxylic acids is 1. The Bertz CT molecular complexity index is 5070. The number of hydrogen-bond acceptors (Lipinski definition) is 26. The van der Waals surface area contributed by atoms with Gasteiger partial charge in [0, 0.05) is 69.6 Å². The van der Waals surface area contributed by atoms with Crippen LogP contribution in [0.3, 0.4) is 0 Å². The number of guanidine groups is 1. The number of rotatable bonds is 29. The SMILES string of the molecule is CC[C@H](C)[C@@H]1NC(=O)[C@H](CCCNC(=N)N)NC(=O)[C@H](Cc2ccc(O)cc2)NC(=O)[C@H](Cc2ccc(O)cc2)NC(=O)[C@H](Cc2c[nH]cn2)NC(=O)[C@H](Cc2c[nH]cn2)NC(=O)[C@H](Cc2ccc(O)cc2)NC(=O)CSC[C@@H](C(=O)NCC(N)=O)NC(=O)CNC(=O)[C@H](CC(C)C)NC(=O)[C@H](CCC(=O)O)NC(=O)[C@H](CO)NC(=O)[C@H](Cc2ccc(O)cc2)NC(=O)[C@H](CC(C)C)NC1=O. The van der Waals surface area contributed by atoms with Gasteiger partial charge in [0.25, 0.3) is 0 Å². The molecule has 14 atom stereocenters. The zero-order valence-corrected chi connectivity index (χ0v) is 76.6. The fourth-order valence-corrected chi connectivity index (χ4v) is 14.9. The number of carbonyl (C=O) groups excluding carboxylic acids is 16. The number of phenols is 4. The van der Waals surface area contributed by atoms with Crippen molar-refractivity contribution in [2.75, 3.05) is 37.7 Å². The predicted molar refractivity (Wildman–Crippen MR) is 491 cm³/mol. The Morgan fingerprint density at radius 3 is 1.18 bits per heavy atom. The van der Waals surface area contributed by atoms with E-state index in [1.165, 1.54) is 122 Å². The normalized spacial score (nSPS) is 22.5. The van der Waals surface area contributed by atoms with Crippen LogP contribution >= 0.6 is 11.8 Å². The van der Waals surface area contributed by atoms with Gasteiger partial charge in [0.2, 0.25) is 94.5 Å². The lowest BCUT2D eigenvalue weighted by atomic mass is 9.95.